The Morgan fingerprint density at radius 1 is 0.350 bits per heavy atom. The summed E-state index contributed by atoms with van der Waals surface area (Å²) in [4.78, 5) is 2.30. The van der Waals surface area contributed by atoms with Gasteiger partial charge in [-0.1, -0.05) is 127 Å². The molecule has 0 amide bonds. The highest BCUT2D eigenvalue weighted by molar-refractivity contribution is 5.95. The molecule has 0 unspecified atom stereocenters. The third-order valence-electron chi connectivity index (χ3n) is 7.86. The highest BCUT2D eigenvalue weighted by atomic mass is 15.1. The largest absolute Gasteiger partial charge is 0.344 e. The predicted molar refractivity (Wildman–Crippen MR) is 172 cm³/mol. The molecule has 0 heterocycles. The van der Waals surface area contributed by atoms with E-state index in [0.29, 0.717) is 0 Å². The van der Waals surface area contributed by atoms with Crippen LogP contribution in [-0.2, 0) is 0 Å². The van der Waals surface area contributed by atoms with E-state index in [2.05, 4.69) is 170 Å². The molecule has 0 atom stereocenters. The first-order valence-electron chi connectivity index (χ1n) is 13.8. The van der Waals surface area contributed by atoms with Crippen LogP contribution in [0.3, 0.4) is 0 Å². The minimum absolute atomic E-state index is 1.15. The molecule has 7 rings (SSSR count). The van der Waals surface area contributed by atoms with Crippen LogP contribution >= 0.6 is 0 Å². The number of nitrogens with zero attached hydrogens (tertiary/aromatic N) is 1. The Labute approximate surface area is 235 Å². The Kier molecular flexibility index (Phi) is 6.11. The predicted octanol–water partition coefficient (Wildman–Crippen LogP) is 10.8. The zero-order valence-electron chi connectivity index (χ0n) is 22.5. The summed E-state index contributed by atoms with van der Waals surface area (Å²) in [5.41, 5.74) is 9.66. The first-order valence-corrected chi connectivity index (χ1v) is 13.8. The molecule has 40 heavy (non-hydrogen) atoms. The van der Waals surface area contributed by atoms with Crippen LogP contribution in [0.25, 0.3) is 54.9 Å². The van der Waals surface area contributed by atoms with Crippen molar-refractivity contribution in [1.29, 1.82) is 0 Å². The molecule has 0 saturated carbocycles. The van der Waals surface area contributed by atoms with Crippen molar-refractivity contribution in [2.75, 3.05) is 11.9 Å². The Bertz CT molecular complexity index is 1970. The highest BCUT2D eigenvalue weighted by Crippen LogP contribution is 2.40. The lowest BCUT2D eigenvalue weighted by atomic mass is 9.91. The smallest absolute Gasteiger partial charge is 0.0487 e. The van der Waals surface area contributed by atoms with E-state index in [9.17, 15) is 0 Å². The monoisotopic (exact) mass is 511 g/mol. The van der Waals surface area contributed by atoms with Crippen LogP contribution in [-0.4, -0.2) is 7.05 Å². The lowest BCUT2D eigenvalue weighted by molar-refractivity contribution is 1.21. The maximum absolute atomic E-state index is 2.34. The van der Waals surface area contributed by atoms with Crippen molar-refractivity contribution >= 4 is 32.9 Å². The van der Waals surface area contributed by atoms with E-state index < -0.39 is 0 Å². The van der Waals surface area contributed by atoms with Gasteiger partial charge in [-0.2, -0.15) is 0 Å². The Morgan fingerprint density at radius 3 is 1.57 bits per heavy atom. The number of hydrogen-bond acceptors (Lipinski definition) is 1. The van der Waals surface area contributed by atoms with Gasteiger partial charge < -0.3 is 4.90 Å². The molecule has 190 valence electrons. The third-order valence-corrected chi connectivity index (χ3v) is 7.86. The first kappa shape index (κ1) is 23.9. The van der Waals surface area contributed by atoms with E-state index in [4.69, 9.17) is 0 Å². The van der Waals surface area contributed by atoms with Crippen molar-refractivity contribution in [2.24, 2.45) is 0 Å². The molecule has 0 saturated heterocycles. The van der Waals surface area contributed by atoms with Gasteiger partial charge in [0.15, 0.2) is 0 Å². The molecule has 0 fully saturated rings. The lowest BCUT2D eigenvalue weighted by Gasteiger charge is -2.24. The fourth-order valence-electron chi connectivity index (χ4n) is 5.71. The molecule has 0 aliphatic rings. The van der Waals surface area contributed by atoms with Crippen molar-refractivity contribution in [3.63, 3.8) is 0 Å². The van der Waals surface area contributed by atoms with Crippen molar-refractivity contribution in [1.82, 2.24) is 0 Å². The van der Waals surface area contributed by atoms with Gasteiger partial charge in [0.2, 0.25) is 0 Å². The van der Waals surface area contributed by atoms with E-state index >= 15 is 0 Å². The fourth-order valence-corrected chi connectivity index (χ4v) is 5.71. The van der Waals surface area contributed by atoms with Gasteiger partial charge in [0, 0.05) is 24.0 Å². The van der Waals surface area contributed by atoms with E-state index in [0.717, 1.165) is 5.69 Å². The van der Waals surface area contributed by atoms with Gasteiger partial charge in [0.25, 0.3) is 0 Å². The van der Waals surface area contributed by atoms with Crippen molar-refractivity contribution in [3.8, 4) is 33.4 Å². The molecule has 0 N–H and O–H groups in total. The molecular weight excluding hydrogens is 482 g/mol. The van der Waals surface area contributed by atoms with Crippen LogP contribution in [0.1, 0.15) is 0 Å². The standard InChI is InChI=1S/C39H29N/c1-40(39-18-10-9-17-37(39)30-13-3-2-4-14-30)35-23-24-36(33-21-19-28-11-5-7-15-31(28)25-33)38(27-35)34-22-20-29-12-6-8-16-32(29)26-34/h2-27H,1H3. The average Bonchev–Trinajstić information content (AvgIpc) is 3.04. The second kappa shape index (κ2) is 10.2. The van der Waals surface area contributed by atoms with Gasteiger partial charge in [-0.3, -0.25) is 0 Å². The summed E-state index contributed by atoms with van der Waals surface area (Å²) in [6.45, 7) is 0. The number of hydrogen-bond donors (Lipinski definition) is 0. The topological polar surface area (TPSA) is 3.24 Å². The number of fused-ring (bicyclic) bond motifs is 2. The molecule has 1 heteroatoms. The maximum Gasteiger partial charge on any atom is 0.0487 e. The molecule has 7 aromatic carbocycles. The minimum atomic E-state index is 1.15. The molecule has 0 aliphatic carbocycles. The summed E-state index contributed by atoms with van der Waals surface area (Å²) in [5, 5.41) is 5.01. The summed E-state index contributed by atoms with van der Waals surface area (Å²) in [7, 11) is 2.16. The summed E-state index contributed by atoms with van der Waals surface area (Å²) >= 11 is 0. The summed E-state index contributed by atoms with van der Waals surface area (Å²) in [6, 6.07) is 56.9. The molecular formula is C39H29N. The summed E-state index contributed by atoms with van der Waals surface area (Å²) in [6.07, 6.45) is 0. The summed E-state index contributed by atoms with van der Waals surface area (Å²) < 4.78 is 0. The Morgan fingerprint density at radius 2 is 0.900 bits per heavy atom. The van der Waals surface area contributed by atoms with Gasteiger partial charge in [-0.25, -0.2) is 0 Å². The highest BCUT2D eigenvalue weighted by Gasteiger charge is 2.15. The molecule has 0 spiro atoms. The lowest BCUT2D eigenvalue weighted by Crippen LogP contribution is -2.11. The molecule has 0 aromatic heterocycles. The second-order valence-corrected chi connectivity index (χ2v) is 10.3. The summed E-state index contributed by atoms with van der Waals surface area (Å²) in [5.74, 6) is 0. The van der Waals surface area contributed by atoms with Crippen LogP contribution in [0.15, 0.2) is 158 Å². The van der Waals surface area contributed by atoms with Crippen molar-refractivity contribution in [3.05, 3.63) is 158 Å². The van der Waals surface area contributed by atoms with Gasteiger partial charge in [0.1, 0.15) is 0 Å². The molecule has 1 nitrogen and oxygen atoms in total. The number of anilines is 2. The molecule has 7 aromatic rings. The number of para-hydroxylation sites is 1. The molecule has 0 bridgehead atoms. The SMILES string of the molecule is CN(c1ccc(-c2ccc3ccccc3c2)c(-c2ccc3ccccc3c2)c1)c1ccccc1-c1ccccc1. The Hall–Kier alpha value is -5.14. The first-order chi connectivity index (χ1) is 19.7. The number of benzene rings is 7. The molecule has 0 aliphatic heterocycles. The van der Waals surface area contributed by atoms with Gasteiger partial charge in [-0.05, 0) is 79.7 Å². The zero-order valence-corrected chi connectivity index (χ0v) is 22.5. The van der Waals surface area contributed by atoms with Gasteiger partial charge in [-0.15, -0.1) is 0 Å². The van der Waals surface area contributed by atoms with E-state index in [1.165, 1.54) is 60.6 Å². The normalized spacial score (nSPS) is 11.1. The Balaban J connectivity index is 1.40. The van der Waals surface area contributed by atoms with Crippen LogP contribution in [0, 0.1) is 0 Å². The van der Waals surface area contributed by atoms with Gasteiger partial charge in [0.05, 0.1) is 0 Å². The van der Waals surface area contributed by atoms with E-state index in [1.54, 1.807) is 0 Å². The van der Waals surface area contributed by atoms with Gasteiger partial charge >= 0.3 is 0 Å². The second-order valence-electron chi connectivity index (χ2n) is 10.3. The quantitative estimate of drug-likeness (QED) is 0.222. The van der Waals surface area contributed by atoms with Crippen LogP contribution < -0.4 is 4.90 Å². The van der Waals surface area contributed by atoms with Crippen molar-refractivity contribution in [2.45, 2.75) is 0 Å². The number of rotatable bonds is 5. The van der Waals surface area contributed by atoms with Crippen LogP contribution in [0.4, 0.5) is 11.4 Å². The zero-order chi connectivity index (χ0) is 26.9. The minimum Gasteiger partial charge on any atom is -0.344 e. The van der Waals surface area contributed by atoms with E-state index in [1.807, 2.05) is 0 Å². The average molecular weight is 512 g/mol. The molecule has 0 radical (unpaired) electrons. The van der Waals surface area contributed by atoms with E-state index in [-0.39, 0.29) is 0 Å². The van der Waals surface area contributed by atoms with Crippen LogP contribution in [0.2, 0.25) is 0 Å². The van der Waals surface area contributed by atoms with Crippen LogP contribution in [0.5, 0.6) is 0 Å². The maximum atomic E-state index is 2.34. The van der Waals surface area contributed by atoms with Crippen molar-refractivity contribution < 1.29 is 0 Å². The third kappa shape index (κ3) is 4.42. The fraction of sp³-hybridized carbons (Fsp3) is 0.0256.